The lowest BCUT2D eigenvalue weighted by Gasteiger charge is -2.30. The molecule has 25 heavy (non-hydrogen) atoms. The summed E-state index contributed by atoms with van der Waals surface area (Å²) in [6.07, 6.45) is 11.7. The first-order chi connectivity index (χ1) is 12.2. The minimum atomic E-state index is 0.631. The highest BCUT2D eigenvalue weighted by Gasteiger charge is 2.18. The van der Waals surface area contributed by atoms with E-state index in [2.05, 4.69) is 33.4 Å². The van der Waals surface area contributed by atoms with E-state index in [4.69, 9.17) is 23.8 Å². The number of rotatable bonds is 5. The van der Waals surface area contributed by atoms with Crippen LogP contribution in [0.2, 0.25) is 5.02 Å². The van der Waals surface area contributed by atoms with Crippen molar-refractivity contribution in [1.82, 2.24) is 9.88 Å². The number of halogens is 1. The number of anilines is 1. The fourth-order valence-electron chi connectivity index (χ4n) is 3.00. The number of thiocarbonyl (C=S) groups is 1. The van der Waals surface area contributed by atoms with E-state index in [9.17, 15) is 0 Å². The Bertz CT molecular complexity index is 715. The van der Waals surface area contributed by atoms with Gasteiger partial charge in [0.25, 0.3) is 0 Å². The predicted octanol–water partition coefficient (Wildman–Crippen LogP) is 5.29. The van der Waals surface area contributed by atoms with Gasteiger partial charge in [0.15, 0.2) is 5.11 Å². The molecule has 1 N–H and O–H groups in total. The Hall–Kier alpha value is -1.91. The molecule has 0 unspecified atom stereocenters. The van der Waals surface area contributed by atoms with Gasteiger partial charge < -0.3 is 10.2 Å². The molecule has 1 aromatic heterocycles. The average Bonchev–Trinajstić information content (AvgIpc) is 2.65. The summed E-state index contributed by atoms with van der Waals surface area (Å²) >= 11 is 11.7. The molecule has 0 saturated carbocycles. The first kappa shape index (κ1) is 17.9. The van der Waals surface area contributed by atoms with Gasteiger partial charge in [0.1, 0.15) is 0 Å². The Kier molecular flexibility index (Phi) is 6.42. The van der Waals surface area contributed by atoms with Crippen LogP contribution in [0.15, 0.2) is 60.9 Å². The summed E-state index contributed by atoms with van der Waals surface area (Å²) in [5, 5.41) is 4.80. The van der Waals surface area contributed by atoms with Crippen molar-refractivity contribution in [3.63, 3.8) is 0 Å². The maximum absolute atomic E-state index is 5.96. The van der Waals surface area contributed by atoms with Crippen molar-refractivity contribution in [3.05, 3.63) is 71.5 Å². The monoisotopic (exact) mass is 371 g/mol. The first-order valence-electron chi connectivity index (χ1n) is 8.56. The number of hydrogen-bond donors (Lipinski definition) is 1. The highest BCUT2D eigenvalue weighted by atomic mass is 35.5. The van der Waals surface area contributed by atoms with Crippen LogP contribution in [0, 0.1) is 5.92 Å². The SMILES string of the molecule is S=C(Nc1ccc(Cl)cc1)N(Cc1cccnc1)C[C@@H]1CC=CCC1. The second-order valence-electron chi connectivity index (χ2n) is 6.33. The molecule has 0 spiro atoms. The number of benzene rings is 1. The normalized spacial score (nSPS) is 16.4. The third kappa shape index (κ3) is 5.55. The molecule has 0 saturated heterocycles. The summed E-state index contributed by atoms with van der Waals surface area (Å²) in [7, 11) is 0. The summed E-state index contributed by atoms with van der Waals surface area (Å²) in [5.74, 6) is 0.631. The Morgan fingerprint density at radius 3 is 2.76 bits per heavy atom. The van der Waals surface area contributed by atoms with Crippen LogP contribution in [0.5, 0.6) is 0 Å². The lowest BCUT2D eigenvalue weighted by Crippen LogP contribution is -2.38. The largest absolute Gasteiger partial charge is 0.344 e. The fourth-order valence-corrected chi connectivity index (χ4v) is 3.38. The van der Waals surface area contributed by atoms with Crippen LogP contribution in [0.3, 0.4) is 0 Å². The van der Waals surface area contributed by atoms with E-state index in [1.54, 1.807) is 6.20 Å². The number of nitrogens with one attached hydrogen (secondary N) is 1. The second-order valence-corrected chi connectivity index (χ2v) is 7.15. The van der Waals surface area contributed by atoms with Gasteiger partial charge in [0.2, 0.25) is 0 Å². The third-order valence-corrected chi connectivity index (χ3v) is 4.95. The standard InChI is InChI=1S/C20H22ClN3S/c21-18-8-10-19(11-9-18)23-20(25)24(14-16-5-2-1-3-6-16)15-17-7-4-12-22-13-17/h1-2,4,7-13,16H,3,5-6,14-15H2,(H,23,25)/t16-/m1/s1. The predicted molar refractivity (Wildman–Crippen MR) is 109 cm³/mol. The molecule has 3 nitrogen and oxygen atoms in total. The van der Waals surface area contributed by atoms with Crippen molar-refractivity contribution in [2.75, 3.05) is 11.9 Å². The van der Waals surface area contributed by atoms with Crippen molar-refractivity contribution in [2.24, 2.45) is 5.92 Å². The lowest BCUT2D eigenvalue weighted by molar-refractivity contribution is 0.319. The second kappa shape index (κ2) is 8.97. The Morgan fingerprint density at radius 1 is 1.24 bits per heavy atom. The molecule has 5 heteroatoms. The quantitative estimate of drug-likeness (QED) is 0.571. The number of pyridine rings is 1. The van der Waals surface area contributed by atoms with E-state index >= 15 is 0 Å². The summed E-state index contributed by atoms with van der Waals surface area (Å²) < 4.78 is 0. The molecule has 0 aliphatic heterocycles. The van der Waals surface area contributed by atoms with E-state index in [1.807, 2.05) is 36.5 Å². The third-order valence-electron chi connectivity index (χ3n) is 4.34. The van der Waals surface area contributed by atoms with Crippen LogP contribution < -0.4 is 5.32 Å². The van der Waals surface area contributed by atoms with E-state index in [0.717, 1.165) is 47.3 Å². The molecule has 0 bridgehead atoms. The summed E-state index contributed by atoms with van der Waals surface area (Å²) in [5.41, 5.74) is 2.11. The van der Waals surface area contributed by atoms with E-state index in [-0.39, 0.29) is 0 Å². The highest BCUT2D eigenvalue weighted by Crippen LogP contribution is 2.21. The zero-order valence-electron chi connectivity index (χ0n) is 14.1. The molecule has 0 fully saturated rings. The average molecular weight is 372 g/mol. The molecule has 1 atom stereocenters. The molecule has 1 aliphatic carbocycles. The van der Waals surface area contributed by atoms with Crippen molar-refractivity contribution in [2.45, 2.75) is 25.8 Å². The summed E-state index contributed by atoms with van der Waals surface area (Å²) in [4.78, 5) is 6.46. The van der Waals surface area contributed by atoms with Crippen molar-refractivity contribution < 1.29 is 0 Å². The number of aromatic nitrogens is 1. The molecule has 1 aromatic carbocycles. The summed E-state index contributed by atoms with van der Waals surface area (Å²) in [6.45, 7) is 1.70. The molecular weight excluding hydrogens is 350 g/mol. The maximum atomic E-state index is 5.96. The van der Waals surface area contributed by atoms with Crippen LogP contribution in [-0.4, -0.2) is 21.5 Å². The van der Waals surface area contributed by atoms with Gasteiger partial charge >= 0.3 is 0 Å². The Balaban J connectivity index is 1.70. The first-order valence-corrected chi connectivity index (χ1v) is 9.35. The van der Waals surface area contributed by atoms with Crippen molar-refractivity contribution in [3.8, 4) is 0 Å². The number of allylic oxidation sites excluding steroid dienone is 2. The topological polar surface area (TPSA) is 28.2 Å². The Labute approximate surface area is 159 Å². The van der Waals surface area contributed by atoms with Gasteiger partial charge in [0.05, 0.1) is 0 Å². The van der Waals surface area contributed by atoms with Crippen LogP contribution >= 0.6 is 23.8 Å². The number of hydrogen-bond acceptors (Lipinski definition) is 2. The molecule has 1 aliphatic rings. The van der Waals surface area contributed by atoms with Crippen molar-refractivity contribution in [1.29, 1.82) is 0 Å². The fraction of sp³-hybridized carbons (Fsp3) is 0.300. The zero-order chi connectivity index (χ0) is 17.5. The van der Waals surface area contributed by atoms with E-state index in [1.165, 1.54) is 6.42 Å². The van der Waals surface area contributed by atoms with E-state index < -0.39 is 0 Å². The van der Waals surface area contributed by atoms with Crippen LogP contribution in [0.1, 0.15) is 24.8 Å². The highest BCUT2D eigenvalue weighted by molar-refractivity contribution is 7.80. The zero-order valence-corrected chi connectivity index (χ0v) is 15.6. The number of nitrogens with zero attached hydrogens (tertiary/aromatic N) is 2. The molecule has 0 amide bonds. The maximum Gasteiger partial charge on any atom is 0.173 e. The van der Waals surface area contributed by atoms with Crippen LogP contribution in [0.25, 0.3) is 0 Å². The molecule has 130 valence electrons. The summed E-state index contributed by atoms with van der Waals surface area (Å²) in [6, 6.07) is 11.7. The molecule has 2 aromatic rings. The minimum absolute atomic E-state index is 0.631. The van der Waals surface area contributed by atoms with Gasteiger partial charge in [-0.2, -0.15) is 0 Å². The van der Waals surface area contributed by atoms with Gasteiger partial charge in [-0.3, -0.25) is 4.98 Å². The van der Waals surface area contributed by atoms with Gasteiger partial charge in [-0.15, -0.1) is 0 Å². The minimum Gasteiger partial charge on any atom is -0.344 e. The van der Waals surface area contributed by atoms with Crippen molar-refractivity contribution >= 4 is 34.6 Å². The van der Waals surface area contributed by atoms with Gasteiger partial charge in [-0.1, -0.05) is 29.8 Å². The van der Waals surface area contributed by atoms with Crippen LogP contribution in [0.4, 0.5) is 5.69 Å². The molecule has 1 heterocycles. The molecule has 0 radical (unpaired) electrons. The van der Waals surface area contributed by atoms with Gasteiger partial charge in [0, 0.05) is 36.2 Å². The Morgan fingerprint density at radius 2 is 2.08 bits per heavy atom. The van der Waals surface area contributed by atoms with E-state index in [0.29, 0.717) is 5.92 Å². The lowest BCUT2D eigenvalue weighted by atomic mass is 9.94. The van der Waals surface area contributed by atoms with Crippen LogP contribution in [-0.2, 0) is 6.54 Å². The van der Waals surface area contributed by atoms with Gasteiger partial charge in [-0.25, -0.2) is 0 Å². The smallest absolute Gasteiger partial charge is 0.173 e. The molecular formula is C20H22ClN3S. The van der Waals surface area contributed by atoms with Gasteiger partial charge in [-0.05, 0) is 73.3 Å². The molecule has 3 rings (SSSR count).